The number of halogens is 2. The summed E-state index contributed by atoms with van der Waals surface area (Å²) in [5, 5.41) is 3.74. The number of nitrogens with zero attached hydrogens (tertiary/aromatic N) is 2. The zero-order valence-electron chi connectivity index (χ0n) is 14.3. The lowest BCUT2D eigenvalue weighted by molar-refractivity contribution is -0.113. The first-order valence-corrected chi connectivity index (χ1v) is 10.5. The van der Waals surface area contributed by atoms with Crippen molar-refractivity contribution in [3.05, 3.63) is 68.9 Å². The lowest BCUT2D eigenvalue weighted by Gasteiger charge is -2.12. The Morgan fingerprint density at radius 3 is 2.58 bits per heavy atom. The number of carbonyl (C=O) groups excluding carboxylic acids is 1. The molecule has 0 saturated carbocycles. The fraction of sp³-hybridized carbons (Fsp3) is 0.158. The maximum absolute atomic E-state index is 12.4. The van der Waals surface area contributed by atoms with E-state index in [1.165, 1.54) is 11.8 Å². The summed E-state index contributed by atoms with van der Waals surface area (Å²) in [4.78, 5) is 16.8. The van der Waals surface area contributed by atoms with E-state index in [2.05, 4.69) is 55.2 Å². The highest BCUT2D eigenvalue weighted by atomic mass is 79.9. The lowest BCUT2D eigenvalue weighted by atomic mass is 10.2. The van der Waals surface area contributed by atoms with Gasteiger partial charge in [0.1, 0.15) is 0 Å². The van der Waals surface area contributed by atoms with Crippen molar-refractivity contribution in [2.45, 2.75) is 19.0 Å². The first kappa shape index (κ1) is 19.2. The predicted molar refractivity (Wildman–Crippen MR) is 114 cm³/mol. The Hall–Kier alpha value is -1.57. The molecule has 3 aromatic rings. The zero-order chi connectivity index (χ0) is 18.7. The van der Waals surface area contributed by atoms with Crippen LogP contribution in [0.5, 0.6) is 0 Å². The minimum atomic E-state index is -0.0837. The number of hydrogen-bond donors (Lipinski definition) is 1. The number of amides is 1. The Balaban J connectivity index is 1.70. The standard InChI is InChI=1S/C19H17Br2N3OS/c1-12-9-14(20)18(15(21)10-12)23-17(25)11-26-19-22-7-8-24(19)16-6-4-3-5-13(16)2/h3-10H,11H2,1-2H3,(H,23,25). The summed E-state index contributed by atoms with van der Waals surface area (Å²) in [5.74, 6) is 0.190. The summed E-state index contributed by atoms with van der Waals surface area (Å²) in [7, 11) is 0. The molecular weight excluding hydrogens is 478 g/mol. The van der Waals surface area contributed by atoms with Crippen LogP contribution in [0.3, 0.4) is 0 Å². The van der Waals surface area contributed by atoms with Crippen LogP contribution in [0.1, 0.15) is 11.1 Å². The molecule has 0 saturated heterocycles. The van der Waals surface area contributed by atoms with E-state index in [1.54, 1.807) is 6.20 Å². The van der Waals surface area contributed by atoms with Gasteiger partial charge in [-0.1, -0.05) is 30.0 Å². The number of benzene rings is 2. The van der Waals surface area contributed by atoms with E-state index >= 15 is 0 Å². The molecule has 3 rings (SSSR count). The van der Waals surface area contributed by atoms with Gasteiger partial charge >= 0.3 is 0 Å². The van der Waals surface area contributed by atoms with Gasteiger partial charge in [0.15, 0.2) is 5.16 Å². The van der Waals surface area contributed by atoms with Gasteiger partial charge < -0.3 is 5.32 Å². The Morgan fingerprint density at radius 2 is 1.88 bits per heavy atom. The first-order chi connectivity index (χ1) is 12.5. The largest absolute Gasteiger partial charge is 0.323 e. The summed E-state index contributed by atoms with van der Waals surface area (Å²) in [6, 6.07) is 12.0. The Bertz CT molecular complexity index is 932. The van der Waals surface area contributed by atoms with E-state index in [9.17, 15) is 4.79 Å². The third-order valence-corrected chi connectivity index (χ3v) is 5.98. The molecule has 1 heterocycles. The molecule has 0 aliphatic rings. The minimum absolute atomic E-state index is 0.0837. The third kappa shape index (κ3) is 4.39. The predicted octanol–water partition coefficient (Wildman–Crippen LogP) is 5.74. The lowest BCUT2D eigenvalue weighted by Crippen LogP contribution is -2.15. The van der Waals surface area contributed by atoms with Crippen molar-refractivity contribution in [1.29, 1.82) is 0 Å². The Morgan fingerprint density at radius 1 is 1.19 bits per heavy atom. The second-order valence-electron chi connectivity index (χ2n) is 5.81. The molecule has 0 aliphatic carbocycles. The number of para-hydroxylation sites is 1. The molecule has 26 heavy (non-hydrogen) atoms. The maximum atomic E-state index is 12.4. The second-order valence-corrected chi connectivity index (χ2v) is 8.46. The number of nitrogens with one attached hydrogen (secondary N) is 1. The maximum Gasteiger partial charge on any atom is 0.234 e. The number of aromatic nitrogens is 2. The van der Waals surface area contributed by atoms with Crippen molar-refractivity contribution >= 4 is 55.2 Å². The fourth-order valence-corrected chi connectivity index (χ4v) is 4.92. The van der Waals surface area contributed by atoms with Gasteiger partial charge in [-0.3, -0.25) is 9.36 Å². The monoisotopic (exact) mass is 493 g/mol. The number of anilines is 1. The molecule has 1 aromatic heterocycles. The quantitative estimate of drug-likeness (QED) is 0.459. The number of rotatable bonds is 5. The summed E-state index contributed by atoms with van der Waals surface area (Å²) < 4.78 is 3.71. The van der Waals surface area contributed by atoms with Crippen LogP contribution in [-0.2, 0) is 4.79 Å². The average molecular weight is 495 g/mol. The molecule has 0 aliphatic heterocycles. The van der Waals surface area contributed by atoms with Gasteiger partial charge in [-0.15, -0.1) is 0 Å². The molecule has 7 heteroatoms. The molecule has 0 atom stereocenters. The van der Waals surface area contributed by atoms with Gasteiger partial charge in [-0.05, 0) is 75.0 Å². The van der Waals surface area contributed by atoms with Gasteiger partial charge in [-0.2, -0.15) is 0 Å². The molecule has 1 N–H and O–H groups in total. The molecular formula is C19H17Br2N3OS. The number of imidazole rings is 1. The van der Waals surface area contributed by atoms with E-state index < -0.39 is 0 Å². The molecule has 134 valence electrons. The topological polar surface area (TPSA) is 46.9 Å². The highest BCUT2D eigenvalue weighted by Crippen LogP contribution is 2.32. The number of thioether (sulfide) groups is 1. The van der Waals surface area contributed by atoms with Crippen LogP contribution in [0.15, 0.2) is 62.9 Å². The van der Waals surface area contributed by atoms with Gasteiger partial charge in [0.25, 0.3) is 0 Å². The van der Waals surface area contributed by atoms with Crippen molar-refractivity contribution in [3.8, 4) is 5.69 Å². The van der Waals surface area contributed by atoms with Crippen LogP contribution in [0, 0.1) is 13.8 Å². The fourth-order valence-electron chi connectivity index (χ4n) is 2.54. The van der Waals surface area contributed by atoms with Gasteiger partial charge in [0, 0.05) is 21.3 Å². The smallest absolute Gasteiger partial charge is 0.234 e. The highest BCUT2D eigenvalue weighted by Gasteiger charge is 2.13. The van der Waals surface area contributed by atoms with E-state index in [1.807, 2.05) is 48.0 Å². The van der Waals surface area contributed by atoms with Crippen molar-refractivity contribution in [1.82, 2.24) is 9.55 Å². The van der Waals surface area contributed by atoms with Crippen LogP contribution < -0.4 is 5.32 Å². The molecule has 0 bridgehead atoms. The summed E-state index contributed by atoms with van der Waals surface area (Å²) in [6.45, 7) is 4.06. The molecule has 0 fully saturated rings. The van der Waals surface area contributed by atoms with E-state index in [0.29, 0.717) is 0 Å². The van der Waals surface area contributed by atoms with Crippen LogP contribution in [-0.4, -0.2) is 21.2 Å². The minimum Gasteiger partial charge on any atom is -0.323 e. The number of aryl methyl sites for hydroxylation is 2. The SMILES string of the molecule is Cc1cc(Br)c(NC(=O)CSc2nccn2-c2ccccc2C)c(Br)c1. The van der Waals surface area contributed by atoms with Gasteiger partial charge in [-0.25, -0.2) is 4.98 Å². The zero-order valence-corrected chi connectivity index (χ0v) is 18.3. The van der Waals surface area contributed by atoms with E-state index in [-0.39, 0.29) is 11.7 Å². The first-order valence-electron chi connectivity index (χ1n) is 7.93. The average Bonchev–Trinajstić information content (AvgIpc) is 3.05. The van der Waals surface area contributed by atoms with E-state index in [0.717, 1.165) is 36.6 Å². The number of hydrogen-bond acceptors (Lipinski definition) is 3. The summed E-state index contributed by atoms with van der Waals surface area (Å²) in [6.07, 6.45) is 3.66. The molecule has 4 nitrogen and oxygen atoms in total. The van der Waals surface area contributed by atoms with Gasteiger partial charge in [0.2, 0.25) is 5.91 Å². The van der Waals surface area contributed by atoms with Gasteiger partial charge in [0.05, 0.1) is 17.1 Å². The molecule has 0 radical (unpaired) electrons. The van der Waals surface area contributed by atoms with Crippen molar-refractivity contribution in [2.24, 2.45) is 0 Å². The van der Waals surface area contributed by atoms with Crippen molar-refractivity contribution in [2.75, 3.05) is 11.1 Å². The van der Waals surface area contributed by atoms with Crippen LogP contribution >= 0.6 is 43.6 Å². The van der Waals surface area contributed by atoms with Crippen molar-refractivity contribution < 1.29 is 4.79 Å². The van der Waals surface area contributed by atoms with Crippen molar-refractivity contribution in [3.63, 3.8) is 0 Å². The van der Waals surface area contributed by atoms with Crippen LogP contribution in [0.2, 0.25) is 0 Å². The summed E-state index contributed by atoms with van der Waals surface area (Å²) >= 11 is 8.41. The highest BCUT2D eigenvalue weighted by molar-refractivity contribution is 9.11. The second kappa shape index (κ2) is 8.41. The Labute approximate surface area is 173 Å². The third-order valence-electron chi connectivity index (χ3n) is 3.77. The number of carbonyl (C=O) groups is 1. The molecule has 0 unspecified atom stereocenters. The van der Waals surface area contributed by atoms with Crippen LogP contribution in [0.4, 0.5) is 5.69 Å². The molecule has 1 amide bonds. The van der Waals surface area contributed by atoms with Crippen LogP contribution in [0.25, 0.3) is 5.69 Å². The molecule has 0 spiro atoms. The Kier molecular flexibility index (Phi) is 6.21. The normalized spacial score (nSPS) is 10.8. The van der Waals surface area contributed by atoms with E-state index in [4.69, 9.17) is 0 Å². The molecule has 2 aromatic carbocycles. The summed E-state index contributed by atoms with van der Waals surface area (Å²) in [5.41, 5.74) is 4.07.